The lowest BCUT2D eigenvalue weighted by molar-refractivity contribution is 0.0751. The highest BCUT2D eigenvalue weighted by atomic mass is 31.0. The summed E-state index contributed by atoms with van der Waals surface area (Å²) in [5.74, 6) is -1.09. The molecule has 4 rings (SSSR count). The summed E-state index contributed by atoms with van der Waals surface area (Å²) < 4.78 is 15.4. The minimum atomic E-state index is -1.31. The minimum absolute atomic E-state index is 0.114. The third-order valence-electron chi connectivity index (χ3n) is 4.46. The lowest BCUT2D eigenvalue weighted by atomic mass is 10.1. The van der Waals surface area contributed by atoms with Crippen molar-refractivity contribution >= 4 is 20.9 Å². The summed E-state index contributed by atoms with van der Waals surface area (Å²) >= 11 is 0. The average molecular weight is 388 g/mol. The highest BCUT2D eigenvalue weighted by molar-refractivity contribution is 7.16. The number of nitrogens with one attached hydrogen (secondary N) is 1. The van der Waals surface area contributed by atoms with Crippen molar-refractivity contribution in [1.82, 2.24) is 40.0 Å². The summed E-state index contributed by atoms with van der Waals surface area (Å²) in [6.07, 6.45) is 5.13. The van der Waals surface area contributed by atoms with Crippen LogP contribution in [0.25, 0.3) is 5.78 Å². The van der Waals surface area contributed by atoms with Crippen LogP contribution in [0.3, 0.4) is 0 Å². The number of halogens is 1. The second kappa shape index (κ2) is 7.58. The van der Waals surface area contributed by atoms with E-state index in [1.54, 1.807) is 21.5 Å². The van der Waals surface area contributed by atoms with Gasteiger partial charge in [0.15, 0.2) is 5.91 Å². The molecule has 3 atom stereocenters. The van der Waals surface area contributed by atoms with Crippen LogP contribution < -0.4 is 5.32 Å². The fourth-order valence-corrected chi connectivity index (χ4v) is 3.32. The SMILES string of the molecule is O=C(c1ccnnc1)N1CCCN[C@H](c2cc(C(F)P)nc3ncnn23)C1. The molecule has 0 saturated carbocycles. The van der Waals surface area contributed by atoms with Crippen molar-refractivity contribution in [1.29, 1.82) is 0 Å². The second-order valence-electron chi connectivity index (χ2n) is 6.22. The summed E-state index contributed by atoms with van der Waals surface area (Å²) in [6, 6.07) is 3.07. The normalized spacial score (nSPS) is 19.0. The number of hydrogen-bond acceptors (Lipinski definition) is 7. The van der Waals surface area contributed by atoms with Crippen LogP contribution in [0.4, 0.5) is 4.39 Å². The Kier molecular flexibility index (Phi) is 5.00. The molecule has 0 aromatic carbocycles. The molecule has 0 spiro atoms. The van der Waals surface area contributed by atoms with Gasteiger partial charge in [-0.1, -0.05) is 9.24 Å². The van der Waals surface area contributed by atoms with E-state index in [9.17, 15) is 9.18 Å². The first kappa shape index (κ1) is 17.8. The van der Waals surface area contributed by atoms with Gasteiger partial charge in [0.25, 0.3) is 11.7 Å². The lowest BCUT2D eigenvalue weighted by Crippen LogP contribution is -2.37. The Morgan fingerprint density at radius 1 is 1.41 bits per heavy atom. The predicted molar refractivity (Wildman–Crippen MR) is 97.6 cm³/mol. The summed E-state index contributed by atoms with van der Waals surface area (Å²) in [6.45, 7) is 1.74. The van der Waals surface area contributed by atoms with Crippen molar-refractivity contribution in [3.8, 4) is 0 Å². The Morgan fingerprint density at radius 3 is 3.07 bits per heavy atom. The summed E-state index contributed by atoms with van der Waals surface area (Å²) in [5, 5.41) is 15.1. The van der Waals surface area contributed by atoms with E-state index in [0.717, 1.165) is 13.0 Å². The Labute approximate surface area is 156 Å². The third kappa shape index (κ3) is 3.63. The van der Waals surface area contributed by atoms with Crippen molar-refractivity contribution in [3.63, 3.8) is 0 Å². The molecule has 1 saturated heterocycles. The molecule has 0 radical (unpaired) electrons. The smallest absolute Gasteiger partial charge is 0.255 e. The molecule has 1 N–H and O–H groups in total. The molecule has 140 valence electrons. The van der Waals surface area contributed by atoms with Crippen LogP contribution in [0.5, 0.6) is 0 Å². The number of nitrogens with zero attached hydrogens (tertiary/aromatic N) is 7. The molecule has 0 bridgehead atoms. The van der Waals surface area contributed by atoms with Crippen molar-refractivity contribution in [2.24, 2.45) is 0 Å². The number of amides is 1. The van der Waals surface area contributed by atoms with Crippen LogP contribution in [0.15, 0.2) is 30.9 Å². The van der Waals surface area contributed by atoms with E-state index in [2.05, 4.69) is 39.8 Å². The molecule has 2 unspecified atom stereocenters. The number of rotatable bonds is 3. The fraction of sp³-hybridized carbons (Fsp3) is 0.375. The second-order valence-corrected chi connectivity index (χ2v) is 6.81. The van der Waals surface area contributed by atoms with Crippen LogP contribution >= 0.6 is 9.24 Å². The van der Waals surface area contributed by atoms with Gasteiger partial charge in [-0.3, -0.25) is 4.79 Å². The van der Waals surface area contributed by atoms with Crippen LogP contribution in [0.2, 0.25) is 0 Å². The number of fused-ring (bicyclic) bond motifs is 1. The molecule has 11 heteroatoms. The zero-order valence-corrected chi connectivity index (χ0v) is 15.5. The molecule has 0 aliphatic carbocycles. The van der Waals surface area contributed by atoms with Gasteiger partial charge in [0.2, 0.25) is 0 Å². The van der Waals surface area contributed by atoms with E-state index < -0.39 is 5.91 Å². The average Bonchev–Trinajstić information content (AvgIpc) is 3.03. The molecule has 1 fully saturated rings. The molecule has 1 aliphatic rings. The van der Waals surface area contributed by atoms with Gasteiger partial charge in [0.1, 0.15) is 6.33 Å². The maximum atomic E-state index is 13.9. The molecule has 3 aromatic rings. The number of carbonyl (C=O) groups is 1. The van der Waals surface area contributed by atoms with E-state index in [1.165, 1.54) is 18.7 Å². The first-order chi connectivity index (χ1) is 13.1. The van der Waals surface area contributed by atoms with Gasteiger partial charge in [-0.05, 0) is 25.1 Å². The standard InChI is InChI=1S/C16H18FN8OP/c17-14(27)11-6-13(25-16(23-11)19-9-22-25)12-8-24(5-1-3-18-12)15(26)10-2-4-20-21-7-10/h2,4,6-7,9,12,14,18H,1,3,5,8,27H2/t12-,14?/m0/s1. The highest BCUT2D eigenvalue weighted by Gasteiger charge is 2.27. The molecular formula is C16H18FN8OP. The predicted octanol–water partition coefficient (Wildman–Crippen LogP) is 0.934. The zero-order chi connectivity index (χ0) is 18.8. The highest BCUT2D eigenvalue weighted by Crippen LogP contribution is 2.26. The summed E-state index contributed by atoms with van der Waals surface area (Å²) in [7, 11) is 2.09. The molecule has 9 nitrogen and oxygen atoms in total. The fourth-order valence-electron chi connectivity index (χ4n) is 3.15. The minimum Gasteiger partial charge on any atom is -0.337 e. The monoisotopic (exact) mass is 388 g/mol. The summed E-state index contributed by atoms with van der Waals surface area (Å²) in [5.41, 5.74) is 1.46. The molecule has 27 heavy (non-hydrogen) atoms. The topological polar surface area (TPSA) is 101 Å². The van der Waals surface area contributed by atoms with E-state index in [4.69, 9.17) is 0 Å². The van der Waals surface area contributed by atoms with Crippen molar-refractivity contribution in [3.05, 3.63) is 47.8 Å². The molecule has 1 aliphatic heterocycles. The zero-order valence-electron chi connectivity index (χ0n) is 14.4. The van der Waals surface area contributed by atoms with Crippen LogP contribution in [-0.4, -0.2) is 60.2 Å². The number of alkyl halides is 1. The Balaban J connectivity index is 1.68. The van der Waals surface area contributed by atoms with E-state index >= 15 is 0 Å². The van der Waals surface area contributed by atoms with E-state index in [1.807, 2.05) is 0 Å². The number of hydrogen-bond donors (Lipinski definition) is 1. The lowest BCUT2D eigenvalue weighted by Gasteiger charge is -2.25. The molecule has 1 amide bonds. The Bertz CT molecular complexity index is 950. The van der Waals surface area contributed by atoms with Crippen molar-refractivity contribution < 1.29 is 9.18 Å². The first-order valence-electron chi connectivity index (χ1n) is 8.53. The Morgan fingerprint density at radius 2 is 2.30 bits per heavy atom. The van der Waals surface area contributed by atoms with Gasteiger partial charge in [0.05, 0.1) is 35.4 Å². The third-order valence-corrected chi connectivity index (χ3v) is 4.80. The Hall–Kier alpha value is -2.58. The molecular weight excluding hydrogens is 370 g/mol. The van der Waals surface area contributed by atoms with E-state index in [-0.39, 0.29) is 17.6 Å². The maximum absolute atomic E-state index is 13.9. The molecule has 4 heterocycles. The van der Waals surface area contributed by atoms with Crippen LogP contribution in [0, 0.1) is 0 Å². The van der Waals surface area contributed by atoms with Gasteiger partial charge >= 0.3 is 0 Å². The van der Waals surface area contributed by atoms with Crippen LogP contribution in [-0.2, 0) is 0 Å². The van der Waals surface area contributed by atoms with Gasteiger partial charge in [-0.25, -0.2) is 9.37 Å². The van der Waals surface area contributed by atoms with Gasteiger partial charge in [-0.2, -0.15) is 24.8 Å². The van der Waals surface area contributed by atoms with Crippen molar-refractivity contribution in [2.45, 2.75) is 18.4 Å². The van der Waals surface area contributed by atoms with Crippen LogP contribution in [0.1, 0.15) is 40.1 Å². The van der Waals surface area contributed by atoms with Crippen molar-refractivity contribution in [2.75, 3.05) is 19.6 Å². The quantitative estimate of drug-likeness (QED) is 0.666. The maximum Gasteiger partial charge on any atom is 0.255 e. The molecule has 3 aromatic heterocycles. The largest absolute Gasteiger partial charge is 0.337 e. The van der Waals surface area contributed by atoms with Gasteiger partial charge < -0.3 is 10.2 Å². The number of carbonyl (C=O) groups excluding carboxylic acids is 1. The van der Waals surface area contributed by atoms with Gasteiger partial charge in [0, 0.05) is 13.1 Å². The van der Waals surface area contributed by atoms with E-state index in [0.29, 0.717) is 30.1 Å². The first-order valence-corrected chi connectivity index (χ1v) is 9.20. The number of aromatic nitrogens is 6. The summed E-state index contributed by atoms with van der Waals surface area (Å²) in [4.78, 5) is 22.9. The van der Waals surface area contributed by atoms with Gasteiger partial charge in [-0.15, -0.1) is 0 Å².